The normalized spacial score (nSPS) is 13.1. The highest BCUT2D eigenvalue weighted by molar-refractivity contribution is 5.97. The Kier molecular flexibility index (Phi) is 4.84. The number of aryl methyl sites for hydroxylation is 1. The fourth-order valence-electron chi connectivity index (χ4n) is 2.14. The molecule has 0 saturated heterocycles. The summed E-state index contributed by atoms with van der Waals surface area (Å²) >= 11 is 0. The summed E-state index contributed by atoms with van der Waals surface area (Å²) in [4.78, 5) is 15.6. The molecule has 0 radical (unpaired) electrons. The van der Waals surface area contributed by atoms with Crippen LogP contribution < -0.4 is 0 Å². The van der Waals surface area contributed by atoms with Crippen molar-refractivity contribution in [1.82, 2.24) is 4.98 Å². The highest BCUT2D eigenvalue weighted by Gasteiger charge is 2.26. The molecule has 0 aliphatic carbocycles. The molecule has 4 heteroatoms. The average Bonchev–Trinajstić information content (AvgIpc) is 2.26. The van der Waals surface area contributed by atoms with Gasteiger partial charge in [0.15, 0.2) is 0 Å². The molecule has 0 fully saturated rings. The molecule has 0 saturated carbocycles. The fraction of sp³-hybridized carbons (Fsp3) is 0.467. The highest BCUT2D eigenvalue weighted by Crippen LogP contribution is 2.36. The summed E-state index contributed by atoms with van der Waals surface area (Å²) in [7, 11) is 1.50. The Bertz CT molecular complexity index is 498. The number of allylic oxidation sites excluding steroid dienone is 1. The van der Waals surface area contributed by atoms with Crippen LogP contribution in [-0.2, 0) is 9.53 Å². The van der Waals surface area contributed by atoms with E-state index in [1.54, 1.807) is 12.4 Å². The zero-order valence-corrected chi connectivity index (χ0v) is 12.2. The number of nitrogens with zero attached hydrogens (tertiary/aromatic N) is 1. The minimum absolute atomic E-state index is 0.0792. The van der Waals surface area contributed by atoms with Crippen LogP contribution in [0, 0.1) is 12.3 Å². The number of pyridine rings is 1. The van der Waals surface area contributed by atoms with Crippen molar-refractivity contribution in [1.29, 1.82) is 0 Å². The van der Waals surface area contributed by atoms with Gasteiger partial charge in [0.1, 0.15) is 0 Å². The van der Waals surface area contributed by atoms with Crippen molar-refractivity contribution in [3.63, 3.8) is 0 Å². The van der Waals surface area contributed by atoms with Gasteiger partial charge in [0, 0.05) is 19.5 Å². The molecule has 0 aliphatic rings. The molecule has 0 amide bonds. The van der Waals surface area contributed by atoms with Crippen LogP contribution >= 0.6 is 0 Å². The number of carboxylic acids is 1. The second-order valence-electron chi connectivity index (χ2n) is 5.59. The number of aromatic nitrogens is 1. The number of aliphatic carboxylic acids is 1. The van der Waals surface area contributed by atoms with Crippen molar-refractivity contribution < 1.29 is 14.6 Å². The number of ether oxygens (including phenoxy) is 1. The maximum absolute atomic E-state index is 11.5. The summed E-state index contributed by atoms with van der Waals surface area (Å²) in [5, 5.41) is 9.41. The van der Waals surface area contributed by atoms with Gasteiger partial charge in [-0.3, -0.25) is 4.98 Å². The summed E-state index contributed by atoms with van der Waals surface area (Å²) in [5.74, 6) is -0.951. The molecule has 0 aliphatic heterocycles. The van der Waals surface area contributed by atoms with Gasteiger partial charge in [0.05, 0.1) is 12.2 Å². The first-order valence-electron chi connectivity index (χ1n) is 6.15. The fourth-order valence-corrected chi connectivity index (χ4v) is 2.14. The summed E-state index contributed by atoms with van der Waals surface area (Å²) in [6.45, 7) is 7.99. The Hall–Kier alpha value is -1.68. The zero-order valence-electron chi connectivity index (χ0n) is 12.2. The van der Waals surface area contributed by atoms with Crippen molar-refractivity contribution in [2.75, 3.05) is 13.7 Å². The van der Waals surface area contributed by atoms with E-state index in [0.29, 0.717) is 0 Å². The van der Waals surface area contributed by atoms with E-state index in [1.807, 2.05) is 33.8 Å². The van der Waals surface area contributed by atoms with Gasteiger partial charge in [0.25, 0.3) is 0 Å². The van der Waals surface area contributed by atoms with Crippen molar-refractivity contribution in [2.24, 2.45) is 5.41 Å². The van der Waals surface area contributed by atoms with Gasteiger partial charge < -0.3 is 9.84 Å². The summed E-state index contributed by atoms with van der Waals surface area (Å²) in [6.07, 6.45) is 3.45. The van der Waals surface area contributed by atoms with Crippen LogP contribution in [0.15, 0.2) is 24.0 Å². The molecular formula is C15H21NO3. The molecule has 0 atom stereocenters. The van der Waals surface area contributed by atoms with Crippen LogP contribution in [0.3, 0.4) is 0 Å². The smallest absolute Gasteiger partial charge is 0.334 e. The maximum Gasteiger partial charge on any atom is 0.334 e. The summed E-state index contributed by atoms with van der Waals surface area (Å²) in [5.41, 5.74) is 2.57. The second-order valence-corrected chi connectivity index (χ2v) is 5.59. The summed E-state index contributed by atoms with van der Waals surface area (Å²) in [6, 6.07) is 1.95. The lowest BCUT2D eigenvalue weighted by Gasteiger charge is -2.26. The van der Waals surface area contributed by atoms with E-state index in [0.717, 1.165) is 16.7 Å². The number of carboxylic acid groups (broad SMARTS) is 1. The molecule has 4 nitrogen and oxygen atoms in total. The van der Waals surface area contributed by atoms with Crippen LogP contribution in [0.1, 0.15) is 31.9 Å². The molecule has 0 bridgehead atoms. The maximum atomic E-state index is 11.5. The lowest BCUT2D eigenvalue weighted by Crippen LogP contribution is -2.18. The molecule has 19 heavy (non-hydrogen) atoms. The SMILES string of the molecule is COCC(C(=O)O)=C(c1cncc(C)c1)C(C)(C)C. The number of methoxy groups -OCH3 is 1. The Labute approximate surface area is 114 Å². The average molecular weight is 263 g/mol. The zero-order chi connectivity index (χ0) is 14.6. The number of hydrogen-bond acceptors (Lipinski definition) is 3. The van der Waals surface area contributed by atoms with E-state index in [4.69, 9.17) is 4.74 Å². The van der Waals surface area contributed by atoms with Gasteiger partial charge in [-0.2, -0.15) is 0 Å². The van der Waals surface area contributed by atoms with E-state index >= 15 is 0 Å². The number of hydrogen-bond donors (Lipinski definition) is 1. The van der Waals surface area contributed by atoms with Crippen molar-refractivity contribution in [3.05, 3.63) is 35.2 Å². The van der Waals surface area contributed by atoms with Crippen molar-refractivity contribution in [2.45, 2.75) is 27.7 Å². The van der Waals surface area contributed by atoms with Crippen LogP contribution in [0.4, 0.5) is 0 Å². The second kappa shape index (κ2) is 5.97. The first-order chi connectivity index (χ1) is 8.77. The first-order valence-corrected chi connectivity index (χ1v) is 6.15. The van der Waals surface area contributed by atoms with E-state index in [9.17, 15) is 9.90 Å². The Morgan fingerprint density at radius 1 is 1.37 bits per heavy atom. The van der Waals surface area contributed by atoms with E-state index in [1.165, 1.54) is 7.11 Å². The lowest BCUT2D eigenvalue weighted by molar-refractivity contribution is -0.133. The van der Waals surface area contributed by atoms with Crippen LogP contribution in [0.5, 0.6) is 0 Å². The topological polar surface area (TPSA) is 59.4 Å². The molecule has 0 aromatic carbocycles. The van der Waals surface area contributed by atoms with Gasteiger partial charge in [-0.15, -0.1) is 0 Å². The Morgan fingerprint density at radius 2 is 2.00 bits per heavy atom. The third-order valence-corrected chi connectivity index (χ3v) is 2.76. The lowest BCUT2D eigenvalue weighted by atomic mass is 9.79. The molecule has 1 heterocycles. The molecule has 1 aromatic rings. The molecule has 1 N–H and O–H groups in total. The third kappa shape index (κ3) is 3.89. The Morgan fingerprint density at radius 3 is 2.42 bits per heavy atom. The van der Waals surface area contributed by atoms with Crippen molar-refractivity contribution >= 4 is 11.5 Å². The molecule has 1 aromatic heterocycles. The van der Waals surface area contributed by atoms with Crippen LogP contribution in [-0.4, -0.2) is 29.8 Å². The van der Waals surface area contributed by atoms with Crippen LogP contribution in [0.2, 0.25) is 0 Å². The molecular weight excluding hydrogens is 242 g/mol. The van der Waals surface area contributed by atoms with E-state index in [-0.39, 0.29) is 17.6 Å². The largest absolute Gasteiger partial charge is 0.478 e. The monoisotopic (exact) mass is 263 g/mol. The minimum atomic E-state index is -0.951. The van der Waals surface area contributed by atoms with E-state index in [2.05, 4.69) is 4.98 Å². The predicted molar refractivity (Wildman–Crippen MR) is 74.9 cm³/mol. The van der Waals surface area contributed by atoms with Crippen LogP contribution in [0.25, 0.3) is 5.57 Å². The number of rotatable bonds is 4. The predicted octanol–water partition coefficient (Wildman–Crippen LogP) is 2.92. The molecule has 0 unspecified atom stereocenters. The summed E-state index contributed by atoms with van der Waals surface area (Å²) < 4.78 is 5.03. The van der Waals surface area contributed by atoms with E-state index < -0.39 is 5.97 Å². The first kappa shape index (κ1) is 15.4. The quantitative estimate of drug-likeness (QED) is 0.848. The van der Waals surface area contributed by atoms with Crippen molar-refractivity contribution in [3.8, 4) is 0 Å². The third-order valence-electron chi connectivity index (χ3n) is 2.76. The molecule has 104 valence electrons. The van der Waals surface area contributed by atoms with Gasteiger partial charge in [-0.05, 0) is 35.1 Å². The Balaban J connectivity index is 3.53. The van der Waals surface area contributed by atoms with Gasteiger partial charge in [-0.25, -0.2) is 4.79 Å². The van der Waals surface area contributed by atoms with Gasteiger partial charge >= 0.3 is 5.97 Å². The van der Waals surface area contributed by atoms with Gasteiger partial charge in [-0.1, -0.05) is 20.8 Å². The molecule has 1 rings (SSSR count). The standard InChI is InChI=1S/C15H21NO3/c1-10-6-11(8-16-7-10)13(15(2,3)4)12(9-19-5)14(17)18/h6-8H,9H2,1-5H3,(H,17,18). The highest BCUT2D eigenvalue weighted by atomic mass is 16.5. The number of carbonyl (C=O) groups is 1. The van der Waals surface area contributed by atoms with Gasteiger partial charge in [0.2, 0.25) is 0 Å². The molecule has 0 spiro atoms. The minimum Gasteiger partial charge on any atom is -0.478 e.